The first-order valence-corrected chi connectivity index (χ1v) is 7.02. The van der Waals surface area contributed by atoms with Gasteiger partial charge in [-0.2, -0.15) is 5.10 Å². The van der Waals surface area contributed by atoms with Crippen LogP contribution in [0.15, 0.2) is 0 Å². The number of aliphatic hydroxyl groups is 1. The van der Waals surface area contributed by atoms with Gasteiger partial charge in [-0.25, -0.2) is 0 Å². The van der Waals surface area contributed by atoms with E-state index in [9.17, 15) is 5.11 Å². The van der Waals surface area contributed by atoms with Gasteiger partial charge in [0.2, 0.25) is 0 Å². The number of aryl methyl sites for hydroxylation is 2. The fraction of sp³-hybridized carbons (Fsp3) is 0.769. The van der Waals surface area contributed by atoms with Gasteiger partial charge in [0.15, 0.2) is 0 Å². The average Bonchev–Trinajstić information content (AvgIpc) is 2.56. The highest BCUT2D eigenvalue weighted by Crippen LogP contribution is 2.24. The number of halogens is 1. The van der Waals surface area contributed by atoms with Gasteiger partial charge in [-0.3, -0.25) is 4.68 Å². The van der Waals surface area contributed by atoms with E-state index in [-0.39, 0.29) is 6.10 Å². The minimum absolute atomic E-state index is 0.103. The zero-order valence-corrected chi connectivity index (χ0v) is 11.9. The third kappa shape index (κ3) is 3.25. The van der Waals surface area contributed by atoms with Crippen molar-refractivity contribution in [1.82, 2.24) is 15.1 Å². The van der Waals surface area contributed by atoms with Gasteiger partial charge in [0.05, 0.1) is 11.8 Å². The molecule has 4 nitrogen and oxygen atoms in total. The molecule has 2 atom stereocenters. The molecule has 1 saturated carbocycles. The van der Waals surface area contributed by atoms with Crippen LogP contribution in [-0.4, -0.2) is 27.5 Å². The van der Waals surface area contributed by atoms with E-state index in [1.165, 1.54) is 6.42 Å². The average molecular weight is 272 g/mol. The summed E-state index contributed by atoms with van der Waals surface area (Å²) in [5.74, 6) is 0.588. The van der Waals surface area contributed by atoms with Gasteiger partial charge in [-0.15, -0.1) is 0 Å². The lowest BCUT2D eigenvalue weighted by Crippen LogP contribution is -2.29. The van der Waals surface area contributed by atoms with Crippen LogP contribution in [0, 0.1) is 12.8 Å². The molecule has 18 heavy (non-hydrogen) atoms. The van der Waals surface area contributed by atoms with Crippen LogP contribution in [0.4, 0.5) is 0 Å². The molecule has 0 aromatic carbocycles. The van der Waals surface area contributed by atoms with Gasteiger partial charge in [-0.1, -0.05) is 18.0 Å². The van der Waals surface area contributed by atoms with Crippen LogP contribution in [-0.2, 0) is 13.6 Å². The maximum Gasteiger partial charge on any atom is 0.131 e. The van der Waals surface area contributed by atoms with Crippen LogP contribution in [0.25, 0.3) is 0 Å². The Balaban J connectivity index is 1.81. The molecule has 1 aliphatic rings. The monoisotopic (exact) mass is 271 g/mol. The summed E-state index contributed by atoms with van der Waals surface area (Å²) < 4.78 is 1.71. The number of aromatic nitrogens is 2. The van der Waals surface area contributed by atoms with Crippen LogP contribution in [0.3, 0.4) is 0 Å². The molecule has 0 radical (unpaired) electrons. The van der Waals surface area contributed by atoms with Gasteiger partial charge >= 0.3 is 0 Å². The molecule has 1 aromatic heterocycles. The van der Waals surface area contributed by atoms with Crippen molar-refractivity contribution < 1.29 is 5.11 Å². The molecule has 2 rings (SSSR count). The van der Waals surface area contributed by atoms with Crippen LogP contribution >= 0.6 is 11.6 Å². The molecule has 1 aliphatic carbocycles. The maximum atomic E-state index is 9.63. The molecule has 5 heteroatoms. The van der Waals surface area contributed by atoms with Crippen molar-refractivity contribution in [3.05, 3.63) is 16.4 Å². The van der Waals surface area contributed by atoms with Crippen molar-refractivity contribution in [2.24, 2.45) is 13.0 Å². The van der Waals surface area contributed by atoms with E-state index in [1.54, 1.807) is 4.68 Å². The van der Waals surface area contributed by atoms with Gasteiger partial charge in [0.25, 0.3) is 0 Å². The molecule has 0 spiro atoms. The zero-order valence-electron chi connectivity index (χ0n) is 11.1. The highest BCUT2D eigenvalue weighted by atomic mass is 35.5. The summed E-state index contributed by atoms with van der Waals surface area (Å²) in [6.07, 6.45) is 4.13. The second-order valence-corrected chi connectivity index (χ2v) is 5.65. The fourth-order valence-corrected chi connectivity index (χ4v) is 2.97. The van der Waals surface area contributed by atoms with E-state index in [4.69, 9.17) is 11.6 Å². The molecule has 0 bridgehead atoms. The quantitative estimate of drug-likeness (QED) is 0.881. The SMILES string of the molecule is Cc1nn(C)c(Cl)c1CNCC1CCCC(O)C1. The van der Waals surface area contributed by atoms with E-state index in [0.29, 0.717) is 11.1 Å². The van der Waals surface area contributed by atoms with Crippen LogP contribution in [0.1, 0.15) is 36.9 Å². The topological polar surface area (TPSA) is 50.1 Å². The summed E-state index contributed by atoms with van der Waals surface area (Å²) in [6.45, 7) is 3.68. The Morgan fingerprint density at radius 2 is 2.28 bits per heavy atom. The van der Waals surface area contributed by atoms with Crippen molar-refractivity contribution >= 4 is 11.6 Å². The first-order valence-electron chi connectivity index (χ1n) is 6.64. The Bertz CT molecular complexity index is 405. The summed E-state index contributed by atoms with van der Waals surface area (Å²) in [5.41, 5.74) is 2.06. The van der Waals surface area contributed by atoms with Crippen LogP contribution < -0.4 is 5.32 Å². The van der Waals surface area contributed by atoms with Crippen molar-refractivity contribution in [2.75, 3.05) is 6.54 Å². The molecule has 1 heterocycles. The van der Waals surface area contributed by atoms with Crippen molar-refractivity contribution in [3.8, 4) is 0 Å². The summed E-state index contributed by atoms with van der Waals surface area (Å²) in [5, 5.41) is 18.1. The molecule has 1 fully saturated rings. The van der Waals surface area contributed by atoms with Gasteiger partial charge in [0, 0.05) is 19.2 Å². The number of hydrogen-bond acceptors (Lipinski definition) is 3. The number of nitrogens with zero attached hydrogens (tertiary/aromatic N) is 2. The molecule has 2 N–H and O–H groups in total. The standard InChI is InChI=1S/C13H22ClN3O/c1-9-12(13(14)17(2)16-9)8-15-7-10-4-3-5-11(18)6-10/h10-11,15,18H,3-8H2,1-2H3. The van der Waals surface area contributed by atoms with Crippen LogP contribution in [0.5, 0.6) is 0 Å². The lowest BCUT2D eigenvalue weighted by atomic mass is 9.87. The minimum Gasteiger partial charge on any atom is -0.393 e. The molecule has 102 valence electrons. The summed E-state index contributed by atoms with van der Waals surface area (Å²) in [4.78, 5) is 0. The first-order chi connectivity index (χ1) is 8.58. The van der Waals surface area contributed by atoms with Crippen LogP contribution in [0.2, 0.25) is 5.15 Å². The Kier molecular flexibility index (Phi) is 4.65. The summed E-state index contributed by atoms with van der Waals surface area (Å²) in [6, 6.07) is 0. The fourth-order valence-electron chi connectivity index (χ4n) is 2.72. The highest BCUT2D eigenvalue weighted by Gasteiger charge is 2.20. The number of hydrogen-bond donors (Lipinski definition) is 2. The third-order valence-electron chi connectivity index (χ3n) is 3.76. The van der Waals surface area contributed by atoms with Crippen molar-refractivity contribution in [1.29, 1.82) is 0 Å². The van der Waals surface area contributed by atoms with Gasteiger partial charge < -0.3 is 10.4 Å². The predicted octanol–water partition coefficient (Wildman–Crippen LogP) is 2.02. The molecule has 0 aliphatic heterocycles. The molecule has 0 saturated heterocycles. The van der Waals surface area contributed by atoms with Crippen molar-refractivity contribution in [2.45, 2.75) is 45.3 Å². The normalized spacial score (nSPS) is 24.4. The summed E-state index contributed by atoms with van der Waals surface area (Å²) in [7, 11) is 1.86. The largest absolute Gasteiger partial charge is 0.393 e. The smallest absolute Gasteiger partial charge is 0.131 e. The van der Waals surface area contributed by atoms with E-state index >= 15 is 0 Å². The number of rotatable bonds is 4. The Morgan fingerprint density at radius 3 is 2.89 bits per heavy atom. The first kappa shape index (κ1) is 13.8. The molecule has 0 amide bonds. The third-order valence-corrected chi connectivity index (χ3v) is 4.23. The zero-order chi connectivity index (χ0) is 13.1. The van der Waals surface area contributed by atoms with E-state index in [2.05, 4.69) is 10.4 Å². The Morgan fingerprint density at radius 1 is 1.50 bits per heavy atom. The predicted molar refractivity (Wildman–Crippen MR) is 72.6 cm³/mol. The van der Waals surface area contributed by atoms with E-state index in [1.807, 2.05) is 14.0 Å². The molecule has 1 aromatic rings. The second kappa shape index (κ2) is 6.04. The number of aliphatic hydroxyl groups excluding tert-OH is 1. The highest BCUT2D eigenvalue weighted by molar-refractivity contribution is 6.30. The number of nitrogens with one attached hydrogen (secondary N) is 1. The lowest BCUT2D eigenvalue weighted by Gasteiger charge is -2.26. The van der Waals surface area contributed by atoms with Gasteiger partial charge in [0.1, 0.15) is 5.15 Å². The molecule has 2 unspecified atom stereocenters. The summed E-state index contributed by atoms with van der Waals surface area (Å²) >= 11 is 6.18. The Hall–Kier alpha value is -0.580. The Labute approximate surface area is 113 Å². The minimum atomic E-state index is -0.103. The van der Waals surface area contributed by atoms with E-state index in [0.717, 1.165) is 43.6 Å². The second-order valence-electron chi connectivity index (χ2n) is 5.30. The van der Waals surface area contributed by atoms with Gasteiger partial charge in [-0.05, 0) is 38.6 Å². The lowest BCUT2D eigenvalue weighted by molar-refractivity contribution is 0.101. The maximum absolute atomic E-state index is 9.63. The van der Waals surface area contributed by atoms with E-state index < -0.39 is 0 Å². The van der Waals surface area contributed by atoms with Crippen molar-refractivity contribution in [3.63, 3.8) is 0 Å². The molecular formula is C13H22ClN3O. The molecular weight excluding hydrogens is 250 g/mol.